The van der Waals surface area contributed by atoms with Gasteiger partial charge in [0, 0.05) is 28.1 Å². The summed E-state index contributed by atoms with van der Waals surface area (Å²) in [7, 11) is 0. The Kier molecular flexibility index (Phi) is 6.28. The van der Waals surface area contributed by atoms with Crippen LogP contribution in [0.15, 0.2) is 59.8 Å². The van der Waals surface area contributed by atoms with Gasteiger partial charge in [-0.1, -0.05) is 26.0 Å². The SMILES string of the molecule is CCSc1ccc(C(=O)N2CCOc3ccc(-c4ccc5nc[nH]c5c4)cc3C2)c(CC)c1F. The molecule has 4 aromatic rings. The first-order chi connectivity index (χ1) is 16.6. The lowest BCUT2D eigenvalue weighted by Crippen LogP contribution is -2.33. The molecule has 0 saturated carbocycles. The van der Waals surface area contributed by atoms with Crippen LogP contribution in [-0.4, -0.2) is 39.7 Å². The number of benzene rings is 3. The van der Waals surface area contributed by atoms with Gasteiger partial charge in [-0.15, -0.1) is 11.8 Å². The first-order valence-corrected chi connectivity index (χ1v) is 12.5. The van der Waals surface area contributed by atoms with Gasteiger partial charge in [0.05, 0.1) is 23.9 Å². The molecule has 0 atom stereocenters. The maximum atomic E-state index is 15.1. The van der Waals surface area contributed by atoms with E-state index in [2.05, 4.69) is 22.1 Å². The maximum Gasteiger partial charge on any atom is 0.254 e. The van der Waals surface area contributed by atoms with Crippen LogP contribution >= 0.6 is 11.8 Å². The van der Waals surface area contributed by atoms with E-state index in [4.69, 9.17) is 4.74 Å². The fourth-order valence-electron chi connectivity index (χ4n) is 4.45. The fourth-order valence-corrected chi connectivity index (χ4v) is 5.17. The normalized spacial score (nSPS) is 13.4. The molecule has 0 unspecified atom stereocenters. The molecule has 5 nitrogen and oxygen atoms in total. The third kappa shape index (κ3) is 4.16. The van der Waals surface area contributed by atoms with Gasteiger partial charge in [0.15, 0.2) is 0 Å². The van der Waals surface area contributed by atoms with Crippen LogP contribution in [0.5, 0.6) is 5.75 Å². The van der Waals surface area contributed by atoms with Crippen molar-refractivity contribution >= 4 is 28.7 Å². The van der Waals surface area contributed by atoms with Crippen LogP contribution in [0.2, 0.25) is 0 Å². The zero-order valence-corrected chi connectivity index (χ0v) is 20.0. The summed E-state index contributed by atoms with van der Waals surface area (Å²) in [4.78, 5) is 23.3. The van der Waals surface area contributed by atoms with Crippen LogP contribution in [0, 0.1) is 5.82 Å². The summed E-state index contributed by atoms with van der Waals surface area (Å²) < 4.78 is 21.0. The zero-order chi connectivity index (χ0) is 23.7. The molecular formula is C27H26FN3O2S. The maximum absolute atomic E-state index is 15.1. The standard InChI is InChI=1S/C27H26FN3O2S/c1-3-20-21(7-10-25(26(20)28)34-4-2)27(32)31-11-12-33-24-9-6-17(13-19(24)15-31)18-5-8-22-23(14-18)30-16-29-22/h5-10,13-14,16H,3-4,11-12,15H2,1-2H3,(H,29,30). The van der Waals surface area contributed by atoms with Crippen LogP contribution in [0.25, 0.3) is 22.2 Å². The summed E-state index contributed by atoms with van der Waals surface area (Å²) in [6.07, 6.45) is 2.15. The number of hydrogen-bond donors (Lipinski definition) is 1. The van der Waals surface area contributed by atoms with Crippen LogP contribution in [0.1, 0.15) is 35.3 Å². The number of fused-ring (bicyclic) bond motifs is 2. The second-order valence-corrected chi connectivity index (χ2v) is 9.53. The molecule has 1 N–H and O–H groups in total. The van der Waals surface area contributed by atoms with Crippen LogP contribution < -0.4 is 4.74 Å². The van der Waals surface area contributed by atoms with E-state index in [0.717, 1.165) is 39.2 Å². The van der Waals surface area contributed by atoms with E-state index in [1.165, 1.54) is 11.8 Å². The minimum Gasteiger partial charge on any atom is -0.491 e. The number of aromatic nitrogens is 2. The number of nitrogens with zero attached hydrogens (tertiary/aromatic N) is 2. The van der Waals surface area contributed by atoms with Gasteiger partial charge in [0.1, 0.15) is 18.2 Å². The van der Waals surface area contributed by atoms with E-state index in [0.29, 0.717) is 42.1 Å². The van der Waals surface area contributed by atoms with Crippen molar-refractivity contribution in [2.45, 2.75) is 31.7 Å². The number of amides is 1. The quantitative estimate of drug-likeness (QED) is 0.356. The third-order valence-electron chi connectivity index (χ3n) is 6.17. The molecule has 1 aliphatic heterocycles. The Morgan fingerprint density at radius 1 is 1.15 bits per heavy atom. The van der Waals surface area contributed by atoms with E-state index in [-0.39, 0.29) is 11.7 Å². The lowest BCUT2D eigenvalue weighted by atomic mass is 10.0. The highest BCUT2D eigenvalue weighted by Gasteiger charge is 2.25. The molecule has 3 aromatic carbocycles. The first-order valence-electron chi connectivity index (χ1n) is 11.5. The molecule has 174 valence electrons. The van der Waals surface area contributed by atoms with Crippen LogP contribution in [-0.2, 0) is 13.0 Å². The lowest BCUT2D eigenvalue weighted by Gasteiger charge is -2.22. The van der Waals surface area contributed by atoms with Crippen LogP contribution in [0.3, 0.4) is 0 Å². The predicted molar refractivity (Wildman–Crippen MR) is 134 cm³/mol. The average Bonchev–Trinajstić information content (AvgIpc) is 3.22. The summed E-state index contributed by atoms with van der Waals surface area (Å²) in [5, 5.41) is 0. The monoisotopic (exact) mass is 475 g/mol. The number of rotatable bonds is 5. The smallest absolute Gasteiger partial charge is 0.254 e. The Balaban J connectivity index is 1.46. The number of carbonyl (C=O) groups excluding carboxylic acids is 1. The Labute approximate surface area is 202 Å². The van der Waals surface area contributed by atoms with Crippen molar-refractivity contribution in [2.24, 2.45) is 0 Å². The molecule has 0 radical (unpaired) electrons. The largest absolute Gasteiger partial charge is 0.491 e. The molecule has 34 heavy (non-hydrogen) atoms. The Morgan fingerprint density at radius 3 is 2.79 bits per heavy atom. The third-order valence-corrected chi connectivity index (χ3v) is 7.09. The van der Waals surface area contributed by atoms with E-state index >= 15 is 4.39 Å². The molecule has 1 aromatic heterocycles. The van der Waals surface area contributed by atoms with Crippen molar-refractivity contribution in [3.63, 3.8) is 0 Å². The highest BCUT2D eigenvalue weighted by molar-refractivity contribution is 7.99. The van der Waals surface area contributed by atoms with Crippen molar-refractivity contribution in [1.82, 2.24) is 14.9 Å². The molecule has 2 heterocycles. The molecule has 1 aliphatic rings. The molecule has 0 saturated heterocycles. The topological polar surface area (TPSA) is 58.2 Å². The van der Waals surface area contributed by atoms with Gasteiger partial charge in [-0.3, -0.25) is 4.79 Å². The van der Waals surface area contributed by atoms with E-state index < -0.39 is 0 Å². The minimum atomic E-state index is -0.275. The summed E-state index contributed by atoms with van der Waals surface area (Å²) in [6, 6.07) is 15.6. The second-order valence-electron chi connectivity index (χ2n) is 8.22. The van der Waals surface area contributed by atoms with Crippen molar-refractivity contribution in [1.29, 1.82) is 0 Å². The van der Waals surface area contributed by atoms with Gasteiger partial charge in [-0.25, -0.2) is 9.37 Å². The molecular weight excluding hydrogens is 449 g/mol. The molecule has 0 spiro atoms. The average molecular weight is 476 g/mol. The summed E-state index contributed by atoms with van der Waals surface area (Å²) in [6.45, 7) is 5.12. The zero-order valence-electron chi connectivity index (χ0n) is 19.2. The van der Waals surface area contributed by atoms with Gasteiger partial charge < -0.3 is 14.6 Å². The van der Waals surface area contributed by atoms with Gasteiger partial charge in [0.25, 0.3) is 5.91 Å². The number of halogens is 1. The van der Waals surface area contributed by atoms with Crippen molar-refractivity contribution < 1.29 is 13.9 Å². The van der Waals surface area contributed by atoms with Gasteiger partial charge in [0.2, 0.25) is 0 Å². The number of thioether (sulfide) groups is 1. The number of carbonyl (C=O) groups is 1. The van der Waals surface area contributed by atoms with E-state index in [1.54, 1.807) is 23.4 Å². The van der Waals surface area contributed by atoms with E-state index in [1.807, 2.05) is 38.1 Å². The highest BCUT2D eigenvalue weighted by Crippen LogP contribution is 2.32. The van der Waals surface area contributed by atoms with Gasteiger partial charge in [-0.2, -0.15) is 0 Å². The molecule has 7 heteroatoms. The molecule has 5 rings (SSSR count). The summed E-state index contributed by atoms with van der Waals surface area (Å²) in [5.74, 6) is 1.12. The number of ether oxygens (including phenoxy) is 1. The molecule has 0 bridgehead atoms. The highest BCUT2D eigenvalue weighted by atomic mass is 32.2. The lowest BCUT2D eigenvalue weighted by molar-refractivity contribution is 0.0731. The summed E-state index contributed by atoms with van der Waals surface area (Å²) in [5.41, 5.74) is 5.83. The predicted octanol–water partition coefficient (Wildman–Crippen LogP) is 6.08. The first kappa shape index (κ1) is 22.5. The number of hydrogen-bond acceptors (Lipinski definition) is 4. The Bertz CT molecular complexity index is 1370. The molecule has 0 fully saturated rings. The van der Waals surface area contributed by atoms with E-state index in [9.17, 15) is 4.79 Å². The van der Waals surface area contributed by atoms with Gasteiger partial charge >= 0.3 is 0 Å². The summed E-state index contributed by atoms with van der Waals surface area (Å²) >= 11 is 1.46. The Hall–Kier alpha value is -3.32. The van der Waals surface area contributed by atoms with Crippen molar-refractivity contribution in [3.8, 4) is 16.9 Å². The number of imidazole rings is 1. The number of H-pyrrole nitrogens is 1. The number of aromatic amines is 1. The molecule has 0 aliphatic carbocycles. The van der Waals surface area contributed by atoms with Crippen LogP contribution in [0.4, 0.5) is 4.39 Å². The number of nitrogens with one attached hydrogen (secondary N) is 1. The second kappa shape index (κ2) is 9.50. The molecule has 1 amide bonds. The van der Waals surface area contributed by atoms with Crippen molar-refractivity contribution in [2.75, 3.05) is 18.9 Å². The van der Waals surface area contributed by atoms with Gasteiger partial charge in [-0.05, 0) is 59.7 Å². The van der Waals surface area contributed by atoms with Crippen molar-refractivity contribution in [3.05, 3.63) is 77.4 Å². The Morgan fingerprint density at radius 2 is 1.97 bits per heavy atom. The minimum absolute atomic E-state index is 0.162. The fraction of sp³-hybridized carbons (Fsp3) is 0.259.